The number of hydrogen-bond donors (Lipinski definition) is 1. The van der Waals surface area contributed by atoms with Gasteiger partial charge in [0.25, 0.3) is 0 Å². The molecule has 116 valence electrons. The number of nitrogens with zero attached hydrogens (tertiary/aromatic N) is 1. The Hall–Kier alpha value is -0.200. The summed E-state index contributed by atoms with van der Waals surface area (Å²) in [5.74, 6) is -0.311. The van der Waals surface area contributed by atoms with Crippen LogP contribution in [0.25, 0.3) is 0 Å². The highest BCUT2D eigenvalue weighted by Crippen LogP contribution is 2.38. The Morgan fingerprint density at radius 2 is 2.05 bits per heavy atom. The van der Waals surface area contributed by atoms with Gasteiger partial charge < -0.3 is 19.5 Å². The number of nitrogens with one attached hydrogen (secondary N) is 1. The van der Waals surface area contributed by atoms with Crippen LogP contribution in [-0.2, 0) is 14.2 Å². The SMILES string of the molecule is CCC1COCCN1C1CC2(CCC1NC)OCCO2. The lowest BCUT2D eigenvalue weighted by Gasteiger charge is -2.49. The molecule has 3 atom stereocenters. The van der Waals surface area contributed by atoms with Crippen molar-refractivity contribution in [1.82, 2.24) is 10.2 Å². The van der Waals surface area contributed by atoms with Gasteiger partial charge in [0.05, 0.1) is 26.4 Å². The van der Waals surface area contributed by atoms with Crippen LogP contribution in [0.5, 0.6) is 0 Å². The van der Waals surface area contributed by atoms with E-state index in [0.29, 0.717) is 18.1 Å². The highest BCUT2D eigenvalue weighted by Gasteiger charge is 2.47. The molecular weight excluding hydrogens is 256 g/mol. The van der Waals surface area contributed by atoms with E-state index in [4.69, 9.17) is 14.2 Å². The molecule has 1 aliphatic carbocycles. The van der Waals surface area contributed by atoms with Gasteiger partial charge >= 0.3 is 0 Å². The molecule has 2 aliphatic heterocycles. The molecule has 1 spiro atoms. The molecule has 3 aliphatic rings. The smallest absolute Gasteiger partial charge is 0.170 e. The van der Waals surface area contributed by atoms with Crippen molar-refractivity contribution in [3.05, 3.63) is 0 Å². The third-order valence-corrected chi connectivity index (χ3v) is 5.18. The predicted molar refractivity (Wildman–Crippen MR) is 76.7 cm³/mol. The van der Waals surface area contributed by atoms with Crippen molar-refractivity contribution in [2.75, 3.05) is 40.0 Å². The van der Waals surface area contributed by atoms with Gasteiger partial charge in [-0.1, -0.05) is 6.92 Å². The lowest BCUT2D eigenvalue weighted by molar-refractivity contribution is -0.199. The van der Waals surface area contributed by atoms with Gasteiger partial charge in [0, 0.05) is 37.5 Å². The van der Waals surface area contributed by atoms with E-state index in [1.807, 2.05) is 0 Å². The standard InChI is InChI=1S/C15H28N2O3/c1-3-12-11-18-7-6-17(12)14-10-15(19-8-9-20-15)5-4-13(14)16-2/h12-14,16H,3-11H2,1-2H3. The zero-order valence-corrected chi connectivity index (χ0v) is 12.8. The summed E-state index contributed by atoms with van der Waals surface area (Å²) in [4.78, 5) is 2.64. The van der Waals surface area contributed by atoms with Gasteiger partial charge in [0.1, 0.15) is 0 Å². The van der Waals surface area contributed by atoms with Crippen LogP contribution in [-0.4, -0.2) is 68.8 Å². The molecule has 3 fully saturated rings. The summed E-state index contributed by atoms with van der Waals surface area (Å²) in [6, 6.07) is 1.54. The second-order valence-electron chi connectivity index (χ2n) is 6.19. The molecule has 0 aromatic heterocycles. The summed E-state index contributed by atoms with van der Waals surface area (Å²) < 4.78 is 17.6. The fraction of sp³-hybridized carbons (Fsp3) is 1.00. The van der Waals surface area contributed by atoms with E-state index in [-0.39, 0.29) is 5.79 Å². The van der Waals surface area contributed by atoms with Crippen molar-refractivity contribution >= 4 is 0 Å². The number of ether oxygens (including phenoxy) is 3. The first-order chi connectivity index (χ1) is 9.78. The molecule has 5 nitrogen and oxygen atoms in total. The van der Waals surface area contributed by atoms with E-state index in [9.17, 15) is 0 Å². The van der Waals surface area contributed by atoms with Crippen LogP contribution in [0.15, 0.2) is 0 Å². The van der Waals surface area contributed by atoms with Crippen molar-refractivity contribution in [2.24, 2.45) is 0 Å². The summed E-state index contributed by atoms with van der Waals surface area (Å²) >= 11 is 0. The summed E-state index contributed by atoms with van der Waals surface area (Å²) in [6.07, 6.45) is 4.25. The monoisotopic (exact) mass is 284 g/mol. The maximum Gasteiger partial charge on any atom is 0.170 e. The van der Waals surface area contributed by atoms with Crippen LogP contribution >= 0.6 is 0 Å². The average Bonchev–Trinajstić information content (AvgIpc) is 2.95. The molecule has 5 heteroatoms. The largest absolute Gasteiger partial charge is 0.378 e. The lowest BCUT2D eigenvalue weighted by atomic mass is 9.83. The number of morpholine rings is 1. The summed E-state index contributed by atoms with van der Waals surface area (Å²) in [5.41, 5.74) is 0. The second kappa shape index (κ2) is 6.28. The minimum absolute atomic E-state index is 0.311. The van der Waals surface area contributed by atoms with Gasteiger partial charge in [-0.25, -0.2) is 0 Å². The molecule has 3 rings (SSSR count). The third kappa shape index (κ3) is 2.74. The molecule has 0 aromatic carbocycles. The molecule has 3 unspecified atom stereocenters. The van der Waals surface area contributed by atoms with E-state index in [0.717, 1.165) is 58.7 Å². The van der Waals surface area contributed by atoms with Crippen molar-refractivity contribution in [2.45, 2.75) is 56.5 Å². The fourth-order valence-corrected chi connectivity index (χ4v) is 4.03. The molecule has 0 radical (unpaired) electrons. The van der Waals surface area contributed by atoms with Crippen molar-refractivity contribution in [3.8, 4) is 0 Å². The molecule has 1 saturated carbocycles. The first-order valence-electron chi connectivity index (χ1n) is 8.06. The Morgan fingerprint density at radius 1 is 1.25 bits per heavy atom. The Morgan fingerprint density at radius 3 is 2.75 bits per heavy atom. The zero-order valence-electron chi connectivity index (χ0n) is 12.8. The quantitative estimate of drug-likeness (QED) is 0.837. The number of rotatable bonds is 3. The van der Waals surface area contributed by atoms with Gasteiger partial charge in [0.2, 0.25) is 0 Å². The van der Waals surface area contributed by atoms with Gasteiger partial charge in [-0.05, 0) is 19.9 Å². The first-order valence-corrected chi connectivity index (χ1v) is 8.06. The molecule has 0 amide bonds. The number of likely N-dealkylation sites (N-methyl/N-ethyl adjacent to an activating group) is 1. The molecular formula is C15H28N2O3. The maximum absolute atomic E-state index is 5.96. The fourth-order valence-electron chi connectivity index (χ4n) is 4.03. The van der Waals surface area contributed by atoms with Crippen LogP contribution in [0, 0.1) is 0 Å². The van der Waals surface area contributed by atoms with Crippen LogP contribution in [0.2, 0.25) is 0 Å². The Kier molecular flexibility index (Phi) is 4.62. The normalized spacial score (nSPS) is 38.4. The highest BCUT2D eigenvalue weighted by molar-refractivity contribution is 4.98. The highest BCUT2D eigenvalue weighted by atomic mass is 16.7. The number of hydrogen-bond acceptors (Lipinski definition) is 5. The van der Waals surface area contributed by atoms with Crippen LogP contribution in [0.3, 0.4) is 0 Å². The topological polar surface area (TPSA) is 43.0 Å². The summed E-state index contributed by atoms with van der Waals surface area (Å²) in [5, 5.41) is 3.51. The van der Waals surface area contributed by atoms with Crippen LogP contribution in [0.4, 0.5) is 0 Å². The van der Waals surface area contributed by atoms with E-state index in [2.05, 4.69) is 24.2 Å². The minimum Gasteiger partial charge on any atom is -0.378 e. The predicted octanol–water partition coefficient (Wildman–Crippen LogP) is 0.981. The lowest BCUT2D eigenvalue weighted by Crippen LogP contribution is -2.61. The molecule has 0 aromatic rings. The molecule has 0 bridgehead atoms. The third-order valence-electron chi connectivity index (χ3n) is 5.18. The van der Waals surface area contributed by atoms with Gasteiger partial charge in [0.15, 0.2) is 5.79 Å². The molecule has 20 heavy (non-hydrogen) atoms. The van der Waals surface area contributed by atoms with Crippen LogP contribution in [0.1, 0.15) is 32.6 Å². The van der Waals surface area contributed by atoms with Gasteiger partial charge in [-0.15, -0.1) is 0 Å². The van der Waals surface area contributed by atoms with E-state index >= 15 is 0 Å². The molecule has 2 heterocycles. The van der Waals surface area contributed by atoms with Crippen LogP contribution < -0.4 is 5.32 Å². The molecule has 2 saturated heterocycles. The Bertz CT molecular complexity index is 320. The minimum atomic E-state index is -0.311. The molecule has 1 N–H and O–H groups in total. The van der Waals surface area contributed by atoms with E-state index in [1.165, 1.54) is 0 Å². The van der Waals surface area contributed by atoms with E-state index < -0.39 is 0 Å². The second-order valence-corrected chi connectivity index (χ2v) is 6.19. The van der Waals surface area contributed by atoms with E-state index in [1.54, 1.807) is 0 Å². The van der Waals surface area contributed by atoms with Gasteiger partial charge in [-0.2, -0.15) is 0 Å². The summed E-state index contributed by atoms with van der Waals surface area (Å²) in [7, 11) is 2.08. The van der Waals surface area contributed by atoms with Gasteiger partial charge in [-0.3, -0.25) is 4.90 Å². The average molecular weight is 284 g/mol. The summed E-state index contributed by atoms with van der Waals surface area (Å²) in [6.45, 7) is 6.48. The van der Waals surface area contributed by atoms with Crippen molar-refractivity contribution < 1.29 is 14.2 Å². The Balaban J connectivity index is 1.75. The zero-order chi connectivity index (χ0) is 14.0. The first kappa shape index (κ1) is 14.7. The Labute approximate surface area is 121 Å². The van der Waals surface area contributed by atoms with Crippen molar-refractivity contribution in [1.29, 1.82) is 0 Å². The van der Waals surface area contributed by atoms with Crippen molar-refractivity contribution in [3.63, 3.8) is 0 Å². The maximum atomic E-state index is 5.96.